The Balaban J connectivity index is 2.33. The van der Waals surface area contributed by atoms with Crippen molar-refractivity contribution in [2.75, 3.05) is 13.1 Å². The van der Waals surface area contributed by atoms with Crippen LogP contribution >= 0.6 is 0 Å². The van der Waals surface area contributed by atoms with Gasteiger partial charge in [0.15, 0.2) is 0 Å². The summed E-state index contributed by atoms with van der Waals surface area (Å²) in [4.78, 5) is 23.7. The van der Waals surface area contributed by atoms with Gasteiger partial charge in [0.1, 0.15) is 5.56 Å². The first-order valence-corrected chi connectivity index (χ1v) is 5.80. The fraction of sp³-hybridized carbons (Fsp3) is 0.417. The molecule has 2 N–H and O–H groups in total. The first-order valence-electron chi connectivity index (χ1n) is 5.80. The molecule has 1 aliphatic heterocycles. The summed E-state index contributed by atoms with van der Waals surface area (Å²) < 4.78 is 0. The lowest BCUT2D eigenvalue weighted by Crippen LogP contribution is -2.30. The maximum atomic E-state index is 12.2. The van der Waals surface area contributed by atoms with Crippen LogP contribution in [0, 0.1) is 17.0 Å². The van der Waals surface area contributed by atoms with Crippen molar-refractivity contribution in [2.45, 2.75) is 19.1 Å². The summed E-state index contributed by atoms with van der Waals surface area (Å²) in [5.41, 5.74) is 0.437. The number of aliphatic hydroxyl groups is 2. The van der Waals surface area contributed by atoms with Crippen molar-refractivity contribution in [2.24, 2.45) is 0 Å². The highest BCUT2D eigenvalue weighted by Gasteiger charge is 2.35. The number of nitro benzene ring substituents is 1. The zero-order valence-corrected chi connectivity index (χ0v) is 10.3. The van der Waals surface area contributed by atoms with Gasteiger partial charge in [-0.2, -0.15) is 0 Å². The van der Waals surface area contributed by atoms with Gasteiger partial charge in [-0.05, 0) is 18.6 Å². The maximum absolute atomic E-state index is 12.2. The van der Waals surface area contributed by atoms with E-state index in [-0.39, 0.29) is 24.3 Å². The summed E-state index contributed by atoms with van der Waals surface area (Å²) >= 11 is 0. The molecule has 0 bridgehead atoms. The highest BCUT2D eigenvalue weighted by atomic mass is 16.6. The van der Waals surface area contributed by atoms with Crippen LogP contribution < -0.4 is 0 Å². The van der Waals surface area contributed by atoms with Gasteiger partial charge >= 0.3 is 0 Å². The van der Waals surface area contributed by atoms with Gasteiger partial charge in [-0.15, -0.1) is 0 Å². The van der Waals surface area contributed by atoms with Crippen molar-refractivity contribution in [3.05, 3.63) is 39.4 Å². The number of hydrogen-bond acceptors (Lipinski definition) is 5. The third kappa shape index (κ3) is 2.56. The molecule has 7 heteroatoms. The molecule has 2 atom stereocenters. The summed E-state index contributed by atoms with van der Waals surface area (Å²) in [6, 6.07) is 4.28. The van der Waals surface area contributed by atoms with Crippen molar-refractivity contribution in [3.63, 3.8) is 0 Å². The quantitative estimate of drug-likeness (QED) is 0.582. The number of benzene rings is 1. The van der Waals surface area contributed by atoms with Gasteiger partial charge in [0.2, 0.25) is 0 Å². The Labute approximate surface area is 109 Å². The SMILES string of the molecule is Cc1ccc([N+](=O)[O-])c(C(=O)N2C[C@@H](O)[C@@H](O)C2)c1. The topological polar surface area (TPSA) is 104 Å². The number of β-amino-alcohol motifs (C(OH)–C–C–N with tert-alkyl or cyclic N) is 2. The minimum absolute atomic E-state index is 0.0219. The number of hydrogen-bond donors (Lipinski definition) is 2. The Hall–Kier alpha value is -1.99. The molecule has 102 valence electrons. The summed E-state index contributed by atoms with van der Waals surface area (Å²) in [5, 5.41) is 29.8. The number of nitro groups is 1. The summed E-state index contributed by atoms with van der Waals surface area (Å²) in [7, 11) is 0. The monoisotopic (exact) mass is 266 g/mol. The highest BCUT2D eigenvalue weighted by molar-refractivity contribution is 5.98. The molecule has 0 radical (unpaired) electrons. The lowest BCUT2D eigenvalue weighted by Gasteiger charge is -2.15. The van der Waals surface area contributed by atoms with Crippen molar-refractivity contribution < 1.29 is 19.9 Å². The van der Waals surface area contributed by atoms with E-state index in [2.05, 4.69) is 0 Å². The molecule has 1 aromatic rings. The Morgan fingerprint density at radius 3 is 2.47 bits per heavy atom. The van der Waals surface area contributed by atoms with Crippen LogP contribution in [0.25, 0.3) is 0 Å². The predicted molar refractivity (Wildman–Crippen MR) is 65.8 cm³/mol. The first-order chi connectivity index (χ1) is 8.90. The molecule has 1 fully saturated rings. The van der Waals surface area contributed by atoms with Gasteiger partial charge in [-0.25, -0.2) is 0 Å². The van der Waals surface area contributed by atoms with Crippen LogP contribution in [0.3, 0.4) is 0 Å². The van der Waals surface area contributed by atoms with E-state index in [1.165, 1.54) is 17.0 Å². The molecule has 0 unspecified atom stereocenters. The Morgan fingerprint density at radius 2 is 1.95 bits per heavy atom. The van der Waals surface area contributed by atoms with Crippen molar-refractivity contribution in [1.29, 1.82) is 0 Å². The molecular formula is C12H14N2O5. The number of nitrogens with zero attached hydrogens (tertiary/aromatic N) is 2. The van der Waals surface area contributed by atoms with E-state index in [4.69, 9.17) is 0 Å². The average Bonchev–Trinajstić information content (AvgIpc) is 2.68. The maximum Gasteiger partial charge on any atom is 0.282 e. The van der Waals surface area contributed by atoms with E-state index < -0.39 is 23.0 Å². The molecule has 1 amide bonds. The summed E-state index contributed by atoms with van der Waals surface area (Å²) in [5.74, 6) is -0.550. The van der Waals surface area contributed by atoms with Gasteiger partial charge in [0, 0.05) is 19.2 Å². The standard InChI is InChI=1S/C12H14N2O5/c1-7-2-3-9(14(18)19)8(4-7)12(17)13-5-10(15)11(16)6-13/h2-4,10-11,15-16H,5-6H2,1H3/t10-,11+. The molecule has 0 aromatic heterocycles. The van der Waals surface area contributed by atoms with Crippen LogP contribution in [0.1, 0.15) is 15.9 Å². The molecule has 1 saturated heterocycles. The van der Waals surface area contributed by atoms with Gasteiger partial charge in [0.25, 0.3) is 11.6 Å². The van der Waals surface area contributed by atoms with Gasteiger partial charge in [-0.1, -0.05) is 6.07 Å². The third-order valence-corrected chi connectivity index (χ3v) is 3.13. The summed E-state index contributed by atoms with van der Waals surface area (Å²) in [6.45, 7) is 1.68. The molecule has 1 aliphatic rings. The van der Waals surface area contributed by atoms with Crippen LogP contribution in [0.4, 0.5) is 5.69 Å². The second-order valence-corrected chi connectivity index (χ2v) is 4.62. The zero-order chi connectivity index (χ0) is 14.2. The number of aryl methyl sites for hydroxylation is 1. The lowest BCUT2D eigenvalue weighted by molar-refractivity contribution is -0.385. The number of likely N-dealkylation sites (tertiary alicyclic amines) is 1. The van der Waals surface area contributed by atoms with Crippen LogP contribution in [0.2, 0.25) is 0 Å². The number of aliphatic hydroxyl groups excluding tert-OH is 2. The smallest absolute Gasteiger partial charge is 0.282 e. The van der Waals surface area contributed by atoms with Crippen molar-refractivity contribution in [3.8, 4) is 0 Å². The molecule has 0 saturated carbocycles. The van der Waals surface area contributed by atoms with E-state index in [9.17, 15) is 25.1 Å². The molecule has 0 aliphatic carbocycles. The predicted octanol–water partition coefficient (Wildman–Crippen LogP) is 0.0808. The van der Waals surface area contributed by atoms with Crippen LogP contribution in [-0.4, -0.2) is 51.2 Å². The molecule has 1 heterocycles. The number of amides is 1. The Morgan fingerprint density at radius 1 is 1.37 bits per heavy atom. The molecule has 19 heavy (non-hydrogen) atoms. The van der Waals surface area contributed by atoms with Gasteiger partial charge in [0.05, 0.1) is 17.1 Å². The van der Waals surface area contributed by atoms with E-state index in [1.807, 2.05) is 0 Å². The largest absolute Gasteiger partial charge is 0.388 e. The molecular weight excluding hydrogens is 252 g/mol. The van der Waals surface area contributed by atoms with Gasteiger partial charge < -0.3 is 15.1 Å². The average molecular weight is 266 g/mol. The number of carbonyl (C=O) groups excluding carboxylic acids is 1. The number of rotatable bonds is 2. The van der Waals surface area contributed by atoms with Crippen LogP contribution in [-0.2, 0) is 0 Å². The van der Waals surface area contributed by atoms with E-state index in [0.717, 1.165) is 5.56 Å². The van der Waals surface area contributed by atoms with Crippen molar-refractivity contribution >= 4 is 11.6 Å². The second kappa shape index (κ2) is 4.94. The van der Waals surface area contributed by atoms with Crippen LogP contribution in [0.5, 0.6) is 0 Å². The van der Waals surface area contributed by atoms with E-state index in [0.29, 0.717) is 0 Å². The minimum atomic E-state index is -1.01. The van der Waals surface area contributed by atoms with Crippen LogP contribution in [0.15, 0.2) is 18.2 Å². The lowest BCUT2D eigenvalue weighted by atomic mass is 10.1. The number of carbonyl (C=O) groups is 1. The van der Waals surface area contributed by atoms with E-state index >= 15 is 0 Å². The second-order valence-electron chi connectivity index (χ2n) is 4.62. The fourth-order valence-electron chi connectivity index (χ4n) is 2.09. The van der Waals surface area contributed by atoms with E-state index in [1.54, 1.807) is 13.0 Å². The molecule has 1 aromatic carbocycles. The highest BCUT2D eigenvalue weighted by Crippen LogP contribution is 2.23. The zero-order valence-electron chi connectivity index (χ0n) is 10.3. The molecule has 2 rings (SSSR count). The van der Waals surface area contributed by atoms with Crippen molar-refractivity contribution in [1.82, 2.24) is 4.90 Å². The Kier molecular flexibility index (Phi) is 3.50. The molecule has 7 nitrogen and oxygen atoms in total. The summed E-state index contributed by atoms with van der Waals surface area (Å²) in [6.07, 6.45) is -2.01. The van der Waals surface area contributed by atoms with Gasteiger partial charge in [-0.3, -0.25) is 14.9 Å². The normalized spacial score (nSPS) is 22.6. The Bertz CT molecular complexity index is 521. The molecule has 0 spiro atoms. The third-order valence-electron chi connectivity index (χ3n) is 3.13. The first kappa shape index (κ1) is 13.4. The minimum Gasteiger partial charge on any atom is -0.388 e. The fourth-order valence-corrected chi connectivity index (χ4v) is 2.09.